The number of anilines is 1. The number of hydrogen-bond donors (Lipinski definition) is 1. The number of carbonyl (C=O) groups is 1. The third-order valence-corrected chi connectivity index (χ3v) is 4.30. The molecule has 0 aromatic heterocycles. The van der Waals surface area contributed by atoms with Crippen LogP contribution >= 0.6 is 0 Å². The summed E-state index contributed by atoms with van der Waals surface area (Å²) in [5.74, 6) is 0.0228. The molecule has 0 radical (unpaired) electrons. The fourth-order valence-electron chi connectivity index (χ4n) is 3.24. The molecule has 3 heteroatoms. The maximum absolute atomic E-state index is 12.7. The fraction of sp³-hybridized carbons (Fsp3) is 0.167. The zero-order chi connectivity index (χ0) is 14.4. The van der Waals surface area contributed by atoms with Crippen LogP contribution in [0, 0.1) is 0 Å². The lowest BCUT2D eigenvalue weighted by atomic mass is 9.98. The van der Waals surface area contributed by atoms with E-state index in [4.69, 9.17) is 0 Å². The van der Waals surface area contributed by atoms with Crippen molar-refractivity contribution < 1.29 is 4.79 Å². The van der Waals surface area contributed by atoms with E-state index < -0.39 is 0 Å². The first kappa shape index (κ1) is 12.4. The van der Waals surface area contributed by atoms with Crippen molar-refractivity contribution in [3.8, 4) is 0 Å². The van der Waals surface area contributed by atoms with Crippen molar-refractivity contribution in [3.63, 3.8) is 0 Å². The highest BCUT2D eigenvalue weighted by atomic mass is 16.2. The van der Waals surface area contributed by atoms with Gasteiger partial charge in [-0.1, -0.05) is 36.9 Å². The monoisotopic (exact) mass is 276 g/mol. The summed E-state index contributed by atoms with van der Waals surface area (Å²) in [6.45, 7) is 5.93. The van der Waals surface area contributed by atoms with E-state index in [1.54, 1.807) is 4.90 Å². The SMILES string of the molecule is C=C1c2ccccc2C(=O)N1c1cccc2c1CNCC2. The predicted molar refractivity (Wildman–Crippen MR) is 84.1 cm³/mol. The van der Waals surface area contributed by atoms with Gasteiger partial charge in [-0.25, -0.2) is 0 Å². The van der Waals surface area contributed by atoms with Gasteiger partial charge < -0.3 is 5.32 Å². The van der Waals surface area contributed by atoms with Gasteiger partial charge in [0.2, 0.25) is 0 Å². The zero-order valence-corrected chi connectivity index (χ0v) is 11.7. The second kappa shape index (κ2) is 4.57. The smallest absolute Gasteiger partial charge is 0.263 e. The Bertz CT molecular complexity index is 729. The molecule has 1 amide bonds. The molecule has 4 rings (SSSR count). The number of fused-ring (bicyclic) bond motifs is 2. The molecule has 0 saturated carbocycles. The maximum Gasteiger partial charge on any atom is 0.263 e. The van der Waals surface area contributed by atoms with Crippen LogP contribution in [0.5, 0.6) is 0 Å². The molecule has 0 aliphatic carbocycles. The zero-order valence-electron chi connectivity index (χ0n) is 11.7. The van der Waals surface area contributed by atoms with Gasteiger partial charge in [0.05, 0.1) is 11.4 Å². The minimum Gasteiger partial charge on any atom is -0.312 e. The summed E-state index contributed by atoms with van der Waals surface area (Å²) in [4.78, 5) is 14.5. The third kappa shape index (κ3) is 1.74. The summed E-state index contributed by atoms with van der Waals surface area (Å²) >= 11 is 0. The van der Waals surface area contributed by atoms with Gasteiger partial charge in [0.15, 0.2) is 0 Å². The molecule has 0 saturated heterocycles. The number of benzene rings is 2. The molecular weight excluding hydrogens is 260 g/mol. The minimum absolute atomic E-state index is 0.0228. The Kier molecular flexibility index (Phi) is 2.69. The highest BCUT2D eigenvalue weighted by molar-refractivity contribution is 6.22. The van der Waals surface area contributed by atoms with Crippen LogP contribution in [0.1, 0.15) is 27.0 Å². The van der Waals surface area contributed by atoms with Crippen molar-refractivity contribution in [2.45, 2.75) is 13.0 Å². The number of amides is 1. The van der Waals surface area contributed by atoms with E-state index in [0.717, 1.165) is 42.0 Å². The van der Waals surface area contributed by atoms with E-state index in [0.29, 0.717) is 0 Å². The summed E-state index contributed by atoms with van der Waals surface area (Å²) in [6.07, 6.45) is 1.00. The maximum atomic E-state index is 12.7. The second-order valence-corrected chi connectivity index (χ2v) is 5.47. The molecular formula is C18H16N2O. The number of nitrogens with one attached hydrogen (secondary N) is 1. The Balaban J connectivity index is 1.86. The van der Waals surface area contributed by atoms with Crippen LogP contribution < -0.4 is 10.2 Å². The van der Waals surface area contributed by atoms with Gasteiger partial charge in [-0.3, -0.25) is 9.69 Å². The normalized spacial score (nSPS) is 16.9. The van der Waals surface area contributed by atoms with E-state index in [2.05, 4.69) is 18.0 Å². The average Bonchev–Trinajstić information content (AvgIpc) is 2.79. The Morgan fingerprint density at radius 3 is 2.67 bits per heavy atom. The number of rotatable bonds is 1. The Labute approximate surface area is 123 Å². The summed E-state index contributed by atoms with van der Waals surface area (Å²) in [5.41, 5.74) is 5.95. The van der Waals surface area contributed by atoms with Gasteiger partial charge in [0, 0.05) is 17.7 Å². The lowest BCUT2D eigenvalue weighted by Crippen LogP contribution is -2.29. The standard InChI is InChI=1S/C18H16N2O/c1-12-14-6-2-3-7-15(14)18(21)20(12)17-8-4-5-13-9-10-19-11-16(13)17/h2-8,19H,1,9-11H2. The van der Waals surface area contributed by atoms with E-state index in [9.17, 15) is 4.79 Å². The van der Waals surface area contributed by atoms with Crippen LogP contribution in [-0.4, -0.2) is 12.5 Å². The average molecular weight is 276 g/mol. The number of carbonyl (C=O) groups excluding carboxylic acids is 1. The van der Waals surface area contributed by atoms with Crippen LogP contribution in [0.4, 0.5) is 5.69 Å². The lowest BCUT2D eigenvalue weighted by Gasteiger charge is -2.26. The highest BCUT2D eigenvalue weighted by Gasteiger charge is 2.33. The first-order valence-corrected chi connectivity index (χ1v) is 7.21. The first-order chi connectivity index (χ1) is 10.3. The molecule has 0 atom stereocenters. The van der Waals surface area contributed by atoms with Crippen molar-refractivity contribution in [2.24, 2.45) is 0 Å². The van der Waals surface area contributed by atoms with Crippen LogP contribution in [0.15, 0.2) is 49.0 Å². The van der Waals surface area contributed by atoms with Gasteiger partial charge >= 0.3 is 0 Å². The summed E-state index contributed by atoms with van der Waals surface area (Å²) < 4.78 is 0. The summed E-state index contributed by atoms with van der Waals surface area (Å²) in [7, 11) is 0. The van der Waals surface area contributed by atoms with Crippen molar-refractivity contribution in [1.82, 2.24) is 5.32 Å². The molecule has 0 bridgehead atoms. The molecule has 3 nitrogen and oxygen atoms in total. The molecule has 2 aromatic carbocycles. The Morgan fingerprint density at radius 2 is 1.86 bits per heavy atom. The van der Waals surface area contributed by atoms with E-state index in [1.807, 2.05) is 36.4 Å². The largest absolute Gasteiger partial charge is 0.312 e. The van der Waals surface area contributed by atoms with Crippen molar-refractivity contribution in [1.29, 1.82) is 0 Å². The summed E-state index contributed by atoms with van der Waals surface area (Å²) in [5, 5.41) is 3.39. The third-order valence-electron chi connectivity index (χ3n) is 4.30. The van der Waals surface area contributed by atoms with Crippen LogP contribution in [0.2, 0.25) is 0 Å². The van der Waals surface area contributed by atoms with Crippen molar-refractivity contribution in [3.05, 3.63) is 71.3 Å². The van der Waals surface area contributed by atoms with Gasteiger partial charge in [0.1, 0.15) is 0 Å². The molecule has 2 aromatic rings. The van der Waals surface area contributed by atoms with Crippen LogP contribution in [0.25, 0.3) is 5.70 Å². The van der Waals surface area contributed by atoms with Crippen molar-refractivity contribution >= 4 is 17.3 Å². The molecule has 104 valence electrons. The molecule has 0 fully saturated rings. The van der Waals surface area contributed by atoms with Crippen molar-refractivity contribution in [2.75, 3.05) is 11.4 Å². The lowest BCUT2D eigenvalue weighted by molar-refractivity contribution is 0.101. The molecule has 21 heavy (non-hydrogen) atoms. The highest BCUT2D eigenvalue weighted by Crippen LogP contribution is 2.38. The quantitative estimate of drug-likeness (QED) is 0.868. The molecule has 2 aliphatic rings. The van der Waals surface area contributed by atoms with E-state index in [1.165, 1.54) is 11.1 Å². The first-order valence-electron chi connectivity index (χ1n) is 7.21. The molecule has 2 heterocycles. The number of hydrogen-bond acceptors (Lipinski definition) is 2. The molecule has 1 N–H and O–H groups in total. The molecule has 0 unspecified atom stereocenters. The number of nitrogens with zero attached hydrogens (tertiary/aromatic N) is 1. The van der Waals surface area contributed by atoms with Crippen LogP contribution in [-0.2, 0) is 13.0 Å². The predicted octanol–water partition coefficient (Wildman–Crippen LogP) is 2.96. The van der Waals surface area contributed by atoms with E-state index >= 15 is 0 Å². The molecule has 0 spiro atoms. The fourth-order valence-corrected chi connectivity index (χ4v) is 3.24. The van der Waals surface area contributed by atoms with Gasteiger partial charge in [-0.2, -0.15) is 0 Å². The Morgan fingerprint density at radius 1 is 1.05 bits per heavy atom. The Hall–Kier alpha value is -2.39. The molecule has 2 aliphatic heterocycles. The minimum atomic E-state index is 0.0228. The van der Waals surface area contributed by atoms with E-state index in [-0.39, 0.29) is 5.91 Å². The van der Waals surface area contributed by atoms with Gasteiger partial charge in [-0.05, 0) is 36.2 Å². The second-order valence-electron chi connectivity index (χ2n) is 5.47. The summed E-state index contributed by atoms with van der Waals surface area (Å²) in [6, 6.07) is 13.9. The van der Waals surface area contributed by atoms with Gasteiger partial charge in [0.25, 0.3) is 5.91 Å². The topological polar surface area (TPSA) is 32.3 Å². The van der Waals surface area contributed by atoms with Crippen LogP contribution in [0.3, 0.4) is 0 Å². The van der Waals surface area contributed by atoms with Gasteiger partial charge in [-0.15, -0.1) is 0 Å².